The van der Waals surface area contributed by atoms with Crippen LogP contribution < -0.4 is 11.1 Å². The molecule has 3 atom stereocenters. The van der Waals surface area contributed by atoms with Crippen LogP contribution in [0.15, 0.2) is 60.7 Å². The number of carbonyl (C=O) groups excluding carboxylic acids is 2. The lowest BCUT2D eigenvalue weighted by Crippen LogP contribution is -2.54. The number of rotatable bonds is 3. The highest BCUT2D eigenvalue weighted by molar-refractivity contribution is 5.89. The number of nitrogens with zero attached hydrogens (tertiary/aromatic N) is 2. The van der Waals surface area contributed by atoms with Crippen molar-refractivity contribution in [2.75, 3.05) is 31.5 Å². The number of anilines is 1. The van der Waals surface area contributed by atoms with Crippen molar-refractivity contribution < 1.29 is 9.59 Å². The number of piperazine rings is 1. The van der Waals surface area contributed by atoms with Crippen LogP contribution in [0.2, 0.25) is 0 Å². The minimum absolute atomic E-state index is 0.0102. The average Bonchev–Trinajstić information content (AvgIpc) is 3.08. The van der Waals surface area contributed by atoms with Gasteiger partial charge in [-0.05, 0) is 17.7 Å². The minimum Gasteiger partial charge on any atom is -0.369 e. The monoisotopic (exact) mass is 364 g/mol. The number of para-hydroxylation sites is 1. The van der Waals surface area contributed by atoms with E-state index in [9.17, 15) is 9.59 Å². The third-order valence-electron chi connectivity index (χ3n) is 5.68. The Morgan fingerprint density at radius 2 is 1.59 bits per heavy atom. The Kier molecular flexibility index (Phi) is 4.81. The second-order valence-electron chi connectivity index (χ2n) is 7.25. The largest absolute Gasteiger partial charge is 0.369 e. The van der Waals surface area contributed by atoms with Gasteiger partial charge >= 0.3 is 6.03 Å². The normalized spacial score (nSPS) is 25.0. The summed E-state index contributed by atoms with van der Waals surface area (Å²) in [5, 5.41) is 2.96. The zero-order valence-electron chi connectivity index (χ0n) is 15.1. The molecule has 2 aliphatic heterocycles. The van der Waals surface area contributed by atoms with E-state index in [-0.39, 0.29) is 29.8 Å². The lowest BCUT2D eigenvalue weighted by atomic mass is 9.83. The van der Waals surface area contributed by atoms with E-state index in [1.807, 2.05) is 65.6 Å². The minimum atomic E-state index is -0.265. The summed E-state index contributed by atoms with van der Waals surface area (Å²) in [4.78, 5) is 29.0. The van der Waals surface area contributed by atoms with E-state index in [0.29, 0.717) is 19.6 Å². The number of nitrogens with two attached hydrogens (primary N) is 1. The van der Waals surface area contributed by atoms with Gasteiger partial charge in [0.05, 0.1) is 5.92 Å². The quantitative estimate of drug-likeness (QED) is 0.875. The molecule has 6 heteroatoms. The van der Waals surface area contributed by atoms with Gasteiger partial charge in [-0.15, -0.1) is 0 Å². The van der Waals surface area contributed by atoms with Crippen molar-refractivity contribution in [3.8, 4) is 0 Å². The van der Waals surface area contributed by atoms with Crippen LogP contribution in [-0.2, 0) is 4.79 Å². The molecule has 2 aromatic rings. The molecule has 0 spiro atoms. The number of fused-ring (bicyclic) bond motifs is 1. The number of nitrogens with one attached hydrogen (secondary N) is 1. The number of urea groups is 1. The standard InChI is InChI=1S/C21H24N4O2/c22-20(26)17-13-24-11-12-25(21(27)23-16-9-5-2-6-10-16)14-18(24)19(17)15-7-3-1-4-8-15/h1-10,17-19H,11-14H2,(H2,22,26)(H,23,27)/t17-,18-,19+/m1/s1. The van der Waals surface area contributed by atoms with E-state index < -0.39 is 0 Å². The third-order valence-corrected chi connectivity index (χ3v) is 5.68. The van der Waals surface area contributed by atoms with Gasteiger partial charge in [0.1, 0.15) is 0 Å². The van der Waals surface area contributed by atoms with Gasteiger partial charge < -0.3 is 16.0 Å². The van der Waals surface area contributed by atoms with Crippen molar-refractivity contribution in [3.63, 3.8) is 0 Å². The van der Waals surface area contributed by atoms with E-state index in [2.05, 4.69) is 10.2 Å². The molecule has 0 unspecified atom stereocenters. The summed E-state index contributed by atoms with van der Waals surface area (Å²) in [6, 6.07) is 19.5. The van der Waals surface area contributed by atoms with Crippen molar-refractivity contribution in [2.24, 2.45) is 11.7 Å². The van der Waals surface area contributed by atoms with E-state index >= 15 is 0 Å². The molecule has 0 bridgehead atoms. The van der Waals surface area contributed by atoms with Crippen LogP contribution in [0.1, 0.15) is 11.5 Å². The summed E-state index contributed by atoms with van der Waals surface area (Å²) in [5.74, 6) is -0.482. The molecule has 2 saturated heterocycles. The molecule has 2 fully saturated rings. The SMILES string of the molecule is NC(=O)[C@@H]1CN2CCN(C(=O)Nc3ccccc3)C[C@@H]2[C@H]1c1ccccc1. The summed E-state index contributed by atoms with van der Waals surface area (Å²) >= 11 is 0. The zero-order valence-corrected chi connectivity index (χ0v) is 15.1. The van der Waals surface area contributed by atoms with Crippen LogP contribution >= 0.6 is 0 Å². The van der Waals surface area contributed by atoms with Crippen LogP contribution in [-0.4, -0.2) is 54.0 Å². The van der Waals surface area contributed by atoms with Crippen LogP contribution in [0.3, 0.4) is 0 Å². The Labute approximate surface area is 158 Å². The third kappa shape index (κ3) is 3.53. The van der Waals surface area contributed by atoms with Gasteiger partial charge in [0.15, 0.2) is 0 Å². The molecule has 0 aromatic heterocycles. The van der Waals surface area contributed by atoms with Crippen molar-refractivity contribution in [1.82, 2.24) is 9.80 Å². The van der Waals surface area contributed by atoms with E-state index in [4.69, 9.17) is 5.73 Å². The first-order valence-corrected chi connectivity index (χ1v) is 9.33. The number of primary amides is 1. The molecule has 4 rings (SSSR count). The molecular formula is C21H24N4O2. The van der Waals surface area contributed by atoms with Gasteiger partial charge in [-0.2, -0.15) is 0 Å². The zero-order chi connectivity index (χ0) is 18.8. The maximum absolute atomic E-state index is 12.7. The van der Waals surface area contributed by atoms with E-state index in [1.54, 1.807) is 0 Å². The van der Waals surface area contributed by atoms with Gasteiger partial charge in [-0.3, -0.25) is 9.69 Å². The van der Waals surface area contributed by atoms with Crippen LogP contribution in [0.5, 0.6) is 0 Å². The molecule has 2 heterocycles. The smallest absolute Gasteiger partial charge is 0.321 e. The molecule has 0 radical (unpaired) electrons. The van der Waals surface area contributed by atoms with E-state index in [1.165, 1.54) is 0 Å². The summed E-state index contributed by atoms with van der Waals surface area (Å²) in [6.07, 6.45) is 0. The summed E-state index contributed by atoms with van der Waals surface area (Å²) in [6.45, 7) is 2.64. The van der Waals surface area contributed by atoms with Crippen LogP contribution in [0, 0.1) is 5.92 Å². The fraction of sp³-hybridized carbons (Fsp3) is 0.333. The van der Waals surface area contributed by atoms with Gasteiger partial charge in [-0.1, -0.05) is 48.5 Å². The molecule has 3 N–H and O–H groups in total. The topological polar surface area (TPSA) is 78.7 Å². The summed E-state index contributed by atoms with van der Waals surface area (Å²) < 4.78 is 0. The van der Waals surface area contributed by atoms with Crippen molar-refractivity contribution in [2.45, 2.75) is 12.0 Å². The first kappa shape index (κ1) is 17.5. The van der Waals surface area contributed by atoms with E-state index in [0.717, 1.165) is 17.8 Å². The molecular weight excluding hydrogens is 340 g/mol. The fourth-order valence-corrected chi connectivity index (χ4v) is 4.35. The Morgan fingerprint density at radius 3 is 2.26 bits per heavy atom. The van der Waals surface area contributed by atoms with Crippen LogP contribution in [0.4, 0.5) is 10.5 Å². The number of carbonyl (C=O) groups is 2. The highest BCUT2D eigenvalue weighted by Gasteiger charge is 2.47. The first-order valence-electron chi connectivity index (χ1n) is 9.33. The van der Waals surface area contributed by atoms with Gasteiger partial charge in [-0.25, -0.2) is 4.79 Å². The van der Waals surface area contributed by atoms with Crippen molar-refractivity contribution in [3.05, 3.63) is 66.2 Å². The number of hydrogen-bond acceptors (Lipinski definition) is 3. The van der Waals surface area contributed by atoms with Crippen molar-refractivity contribution >= 4 is 17.6 Å². The Morgan fingerprint density at radius 1 is 0.926 bits per heavy atom. The molecule has 0 saturated carbocycles. The van der Waals surface area contributed by atoms with Gasteiger partial charge in [0.25, 0.3) is 0 Å². The summed E-state index contributed by atoms with van der Waals surface area (Å²) in [5.41, 5.74) is 7.61. The average molecular weight is 364 g/mol. The van der Waals surface area contributed by atoms with Gasteiger partial charge in [0, 0.05) is 43.8 Å². The predicted molar refractivity (Wildman–Crippen MR) is 104 cm³/mol. The molecule has 6 nitrogen and oxygen atoms in total. The Balaban J connectivity index is 1.53. The molecule has 27 heavy (non-hydrogen) atoms. The lowest BCUT2D eigenvalue weighted by Gasteiger charge is -2.39. The highest BCUT2D eigenvalue weighted by Crippen LogP contribution is 2.39. The Bertz CT molecular complexity index is 811. The highest BCUT2D eigenvalue weighted by atomic mass is 16.2. The molecule has 140 valence electrons. The molecule has 2 aromatic carbocycles. The maximum Gasteiger partial charge on any atom is 0.321 e. The second-order valence-corrected chi connectivity index (χ2v) is 7.25. The first-order chi connectivity index (χ1) is 13.1. The van der Waals surface area contributed by atoms with Crippen molar-refractivity contribution in [1.29, 1.82) is 0 Å². The molecule has 0 aliphatic carbocycles. The molecule has 3 amide bonds. The number of benzene rings is 2. The number of hydrogen-bond donors (Lipinski definition) is 2. The predicted octanol–water partition coefficient (Wildman–Crippen LogP) is 2.10. The lowest BCUT2D eigenvalue weighted by molar-refractivity contribution is -0.121. The number of amides is 3. The molecule has 2 aliphatic rings. The fourth-order valence-electron chi connectivity index (χ4n) is 4.35. The Hall–Kier alpha value is -2.86. The maximum atomic E-state index is 12.7. The summed E-state index contributed by atoms with van der Waals surface area (Å²) in [7, 11) is 0. The van der Waals surface area contributed by atoms with Crippen LogP contribution in [0.25, 0.3) is 0 Å². The second kappa shape index (κ2) is 7.40. The van der Waals surface area contributed by atoms with Gasteiger partial charge in [0.2, 0.25) is 5.91 Å².